The van der Waals surface area contributed by atoms with E-state index in [1.807, 2.05) is 6.07 Å². The Bertz CT molecular complexity index is 319. The van der Waals surface area contributed by atoms with Gasteiger partial charge in [0.15, 0.2) is 0 Å². The molecule has 14 heavy (non-hydrogen) atoms. The fraction of sp³-hybridized carbons (Fsp3) is 0.455. The summed E-state index contributed by atoms with van der Waals surface area (Å²) in [5, 5.41) is 22.1. The summed E-state index contributed by atoms with van der Waals surface area (Å²) in [4.78, 5) is 0. The maximum Gasteiger partial charge on any atom is 0.122 e. The van der Waals surface area contributed by atoms with Crippen LogP contribution in [0.1, 0.15) is 24.3 Å². The van der Waals surface area contributed by atoms with Crippen molar-refractivity contribution < 1.29 is 10.2 Å². The standard InChI is InChI=1S/C11H15NO2/c13-9-3-4-10(11(14)6-9)8-2-1-5-12-7-8/h3-4,6,8,12-14H,1-2,5,7H2/t8-/m0/s1. The lowest BCUT2D eigenvalue weighted by Gasteiger charge is -2.23. The smallest absolute Gasteiger partial charge is 0.122 e. The summed E-state index contributed by atoms with van der Waals surface area (Å²) in [6.45, 7) is 1.98. The fourth-order valence-electron chi connectivity index (χ4n) is 1.99. The van der Waals surface area contributed by atoms with Crippen molar-refractivity contribution in [3.63, 3.8) is 0 Å². The van der Waals surface area contributed by atoms with Gasteiger partial charge in [0, 0.05) is 18.5 Å². The number of hydrogen-bond acceptors (Lipinski definition) is 3. The van der Waals surface area contributed by atoms with E-state index in [-0.39, 0.29) is 11.5 Å². The Kier molecular flexibility index (Phi) is 2.59. The third kappa shape index (κ3) is 1.82. The van der Waals surface area contributed by atoms with Crippen molar-refractivity contribution in [2.45, 2.75) is 18.8 Å². The largest absolute Gasteiger partial charge is 0.508 e. The van der Waals surface area contributed by atoms with Crippen LogP contribution >= 0.6 is 0 Å². The van der Waals surface area contributed by atoms with Gasteiger partial charge >= 0.3 is 0 Å². The predicted octanol–water partition coefficient (Wildman–Crippen LogP) is 1.56. The molecule has 3 heteroatoms. The van der Waals surface area contributed by atoms with Gasteiger partial charge in [0.2, 0.25) is 0 Å². The van der Waals surface area contributed by atoms with E-state index >= 15 is 0 Å². The van der Waals surface area contributed by atoms with Crippen LogP contribution in [-0.2, 0) is 0 Å². The molecule has 1 fully saturated rings. The highest BCUT2D eigenvalue weighted by Crippen LogP contribution is 2.32. The van der Waals surface area contributed by atoms with Crippen LogP contribution in [0.15, 0.2) is 18.2 Å². The van der Waals surface area contributed by atoms with Gasteiger partial charge < -0.3 is 15.5 Å². The van der Waals surface area contributed by atoms with Crippen LogP contribution in [0.2, 0.25) is 0 Å². The Morgan fingerprint density at radius 2 is 2.14 bits per heavy atom. The van der Waals surface area contributed by atoms with Crippen molar-refractivity contribution in [1.29, 1.82) is 0 Å². The van der Waals surface area contributed by atoms with Crippen LogP contribution in [0, 0.1) is 0 Å². The van der Waals surface area contributed by atoms with E-state index in [2.05, 4.69) is 5.32 Å². The normalized spacial score (nSPS) is 22.1. The highest BCUT2D eigenvalue weighted by atomic mass is 16.3. The van der Waals surface area contributed by atoms with Crippen LogP contribution in [0.25, 0.3) is 0 Å². The summed E-state index contributed by atoms with van der Waals surface area (Å²) in [5.74, 6) is 0.707. The average molecular weight is 193 g/mol. The maximum absolute atomic E-state index is 9.66. The number of phenolic OH excluding ortho intramolecular Hbond substituents is 2. The molecule has 0 radical (unpaired) electrons. The molecule has 0 spiro atoms. The summed E-state index contributed by atoms with van der Waals surface area (Å²) >= 11 is 0. The highest BCUT2D eigenvalue weighted by molar-refractivity contribution is 5.41. The predicted molar refractivity (Wildman–Crippen MR) is 54.6 cm³/mol. The van der Waals surface area contributed by atoms with E-state index in [0.717, 1.165) is 31.5 Å². The zero-order chi connectivity index (χ0) is 9.97. The molecule has 2 rings (SSSR count). The van der Waals surface area contributed by atoms with Crippen LogP contribution in [0.5, 0.6) is 11.5 Å². The third-order valence-electron chi connectivity index (χ3n) is 2.75. The van der Waals surface area contributed by atoms with Crippen LogP contribution < -0.4 is 5.32 Å². The van der Waals surface area contributed by atoms with Gasteiger partial charge in [-0.1, -0.05) is 6.07 Å². The number of aromatic hydroxyl groups is 2. The van der Waals surface area contributed by atoms with Crippen molar-refractivity contribution in [2.24, 2.45) is 0 Å². The van der Waals surface area contributed by atoms with Gasteiger partial charge in [-0.25, -0.2) is 0 Å². The molecule has 76 valence electrons. The lowest BCUT2D eigenvalue weighted by molar-refractivity contribution is 0.418. The first-order chi connectivity index (χ1) is 6.77. The summed E-state index contributed by atoms with van der Waals surface area (Å²) in [6.07, 6.45) is 2.25. The molecule has 1 aliphatic rings. The second kappa shape index (κ2) is 3.88. The minimum Gasteiger partial charge on any atom is -0.508 e. The third-order valence-corrected chi connectivity index (χ3v) is 2.75. The molecule has 1 aromatic carbocycles. The quantitative estimate of drug-likeness (QED) is 0.634. The molecule has 0 aromatic heterocycles. The molecule has 0 amide bonds. The Hall–Kier alpha value is -1.22. The zero-order valence-electron chi connectivity index (χ0n) is 8.03. The number of benzene rings is 1. The summed E-state index contributed by atoms with van der Waals surface area (Å²) in [5.41, 5.74) is 0.940. The monoisotopic (exact) mass is 193 g/mol. The topological polar surface area (TPSA) is 52.5 Å². The summed E-state index contributed by atoms with van der Waals surface area (Å²) in [7, 11) is 0. The molecule has 1 saturated heterocycles. The van der Waals surface area contributed by atoms with E-state index in [4.69, 9.17) is 5.11 Å². The highest BCUT2D eigenvalue weighted by Gasteiger charge is 2.18. The summed E-state index contributed by atoms with van der Waals surface area (Å²) in [6, 6.07) is 4.84. The molecule has 3 N–H and O–H groups in total. The van der Waals surface area contributed by atoms with Crippen molar-refractivity contribution in [1.82, 2.24) is 5.32 Å². The number of nitrogens with one attached hydrogen (secondary N) is 1. The Balaban J connectivity index is 2.22. The van der Waals surface area contributed by atoms with Gasteiger partial charge in [-0.3, -0.25) is 0 Å². The Morgan fingerprint density at radius 1 is 1.29 bits per heavy atom. The van der Waals surface area contributed by atoms with Crippen molar-refractivity contribution in [3.05, 3.63) is 23.8 Å². The Morgan fingerprint density at radius 3 is 2.79 bits per heavy atom. The van der Waals surface area contributed by atoms with E-state index in [9.17, 15) is 5.11 Å². The van der Waals surface area contributed by atoms with Gasteiger partial charge in [0.25, 0.3) is 0 Å². The van der Waals surface area contributed by atoms with Gasteiger partial charge in [0.05, 0.1) is 0 Å². The minimum absolute atomic E-state index is 0.120. The summed E-state index contributed by atoms with van der Waals surface area (Å²) < 4.78 is 0. The molecule has 1 aromatic rings. The number of rotatable bonds is 1. The molecule has 3 nitrogen and oxygen atoms in total. The van der Waals surface area contributed by atoms with Gasteiger partial charge in [0.1, 0.15) is 11.5 Å². The molecule has 0 unspecified atom stereocenters. The molecule has 1 heterocycles. The maximum atomic E-state index is 9.66. The molecular weight excluding hydrogens is 178 g/mol. The van der Waals surface area contributed by atoms with E-state index in [1.54, 1.807) is 6.07 Å². The first-order valence-electron chi connectivity index (χ1n) is 5.00. The van der Waals surface area contributed by atoms with Gasteiger partial charge in [-0.15, -0.1) is 0 Å². The van der Waals surface area contributed by atoms with Gasteiger partial charge in [-0.2, -0.15) is 0 Å². The molecule has 0 saturated carbocycles. The number of phenols is 2. The van der Waals surface area contributed by atoms with Crippen molar-refractivity contribution >= 4 is 0 Å². The molecular formula is C11H15NO2. The second-order valence-electron chi connectivity index (χ2n) is 3.79. The Labute approximate surface area is 83.4 Å². The first kappa shape index (κ1) is 9.34. The zero-order valence-corrected chi connectivity index (χ0v) is 8.03. The molecule has 0 aliphatic carbocycles. The fourth-order valence-corrected chi connectivity index (χ4v) is 1.99. The van der Waals surface area contributed by atoms with Crippen molar-refractivity contribution in [2.75, 3.05) is 13.1 Å². The SMILES string of the molecule is Oc1ccc([C@H]2CCCNC2)c(O)c1. The van der Waals surface area contributed by atoms with Crippen molar-refractivity contribution in [3.8, 4) is 11.5 Å². The minimum atomic E-state index is 0.120. The molecule has 1 aliphatic heterocycles. The average Bonchev–Trinajstić information content (AvgIpc) is 2.19. The van der Waals surface area contributed by atoms with E-state index < -0.39 is 0 Å². The van der Waals surface area contributed by atoms with Crippen LogP contribution in [0.3, 0.4) is 0 Å². The van der Waals surface area contributed by atoms with E-state index in [0.29, 0.717) is 5.92 Å². The molecule has 1 atom stereocenters. The van der Waals surface area contributed by atoms with Crippen LogP contribution in [0.4, 0.5) is 0 Å². The van der Waals surface area contributed by atoms with Gasteiger partial charge in [-0.05, 0) is 31.0 Å². The van der Waals surface area contributed by atoms with Crippen LogP contribution in [-0.4, -0.2) is 23.3 Å². The number of piperidine rings is 1. The lowest BCUT2D eigenvalue weighted by Crippen LogP contribution is -2.28. The second-order valence-corrected chi connectivity index (χ2v) is 3.79. The molecule has 0 bridgehead atoms. The first-order valence-corrected chi connectivity index (χ1v) is 5.00. The number of hydrogen-bond donors (Lipinski definition) is 3. The lowest BCUT2D eigenvalue weighted by atomic mass is 9.91. The van der Waals surface area contributed by atoms with E-state index in [1.165, 1.54) is 6.07 Å².